The number of ether oxygens (including phenoxy) is 1. The maximum absolute atomic E-state index is 10.8. The quantitative estimate of drug-likeness (QED) is 0.740. The van der Waals surface area contributed by atoms with Crippen molar-refractivity contribution in [3.8, 4) is 0 Å². The van der Waals surface area contributed by atoms with Gasteiger partial charge in [-0.3, -0.25) is 4.79 Å². The summed E-state index contributed by atoms with van der Waals surface area (Å²) < 4.78 is 4.88. The van der Waals surface area contributed by atoms with Crippen LogP contribution in [-0.4, -0.2) is 11.9 Å². The van der Waals surface area contributed by atoms with E-state index < -0.39 is 18.0 Å². The average Bonchev–Trinajstić information content (AvgIpc) is 2.15. The maximum atomic E-state index is 10.8. The van der Waals surface area contributed by atoms with E-state index in [1.165, 1.54) is 6.92 Å². The summed E-state index contributed by atoms with van der Waals surface area (Å²) in [7, 11) is 0. The van der Waals surface area contributed by atoms with Crippen LogP contribution in [0.2, 0.25) is 5.02 Å². The molecule has 0 radical (unpaired) electrons. The van der Waals surface area contributed by atoms with Crippen molar-refractivity contribution in [1.82, 2.24) is 0 Å². The van der Waals surface area contributed by atoms with Crippen LogP contribution in [-0.2, 0) is 14.3 Å². The summed E-state index contributed by atoms with van der Waals surface area (Å²) in [5.41, 5.74) is 0.534. The summed E-state index contributed by atoms with van der Waals surface area (Å²) in [6.07, 6.45) is -1.25. The largest absolute Gasteiger partial charge is 0.550 e. The van der Waals surface area contributed by atoms with Crippen molar-refractivity contribution in [3.63, 3.8) is 0 Å². The Balaban J connectivity index is 2.90. The van der Waals surface area contributed by atoms with Gasteiger partial charge in [-0.25, -0.2) is 0 Å². The fourth-order valence-electron chi connectivity index (χ4n) is 1.29. The molecule has 0 spiro atoms. The van der Waals surface area contributed by atoms with E-state index in [1.807, 2.05) is 0 Å². The molecule has 0 saturated carbocycles. The number of carboxylic acid groups (broad SMARTS) is 1. The second-order valence-electron chi connectivity index (χ2n) is 3.23. The first kappa shape index (κ1) is 12.5. The molecule has 5 heteroatoms. The van der Waals surface area contributed by atoms with Gasteiger partial charge < -0.3 is 14.6 Å². The highest BCUT2D eigenvalue weighted by molar-refractivity contribution is 6.30. The van der Waals surface area contributed by atoms with Gasteiger partial charge in [-0.1, -0.05) is 23.7 Å². The molecule has 0 saturated heterocycles. The van der Waals surface area contributed by atoms with Gasteiger partial charge in [0.2, 0.25) is 0 Å². The smallest absolute Gasteiger partial charge is 0.303 e. The third kappa shape index (κ3) is 3.90. The zero-order chi connectivity index (χ0) is 12.1. The van der Waals surface area contributed by atoms with Gasteiger partial charge in [0.05, 0.1) is 0 Å². The molecule has 1 unspecified atom stereocenters. The van der Waals surface area contributed by atoms with Gasteiger partial charge in [-0.2, -0.15) is 0 Å². The van der Waals surface area contributed by atoms with E-state index in [1.54, 1.807) is 24.3 Å². The molecule has 0 amide bonds. The van der Waals surface area contributed by atoms with E-state index in [2.05, 4.69) is 0 Å². The maximum Gasteiger partial charge on any atom is 0.303 e. The van der Waals surface area contributed by atoms with Crippen molar-refractivity contribution in [3.05, 3.63) is 34.9 Å². The van der Waals surface area contributed by atoms with Gasteiger partial charge in [-0.05, 0) is 17.7 Å². The Hall–Kier alpha value is -1.55. The second-order valence-corrected chi connectivity index (χ2v) is 3.67. The lowest BCUT2D eigenvalue weighted by Gasteiger charge is -2.18. The van der Waals surface area contributed by atoms with Crippen LogP contribution in [0.15, 0.2) is 24.3 Å². The van der Waals surface area contributed by atoms with Crippen LogP contribution in [0.25, 0.3) is 0 Å². The summed E-state index contributed by atoms with van der Waals surface area (Å²) in [5, 5.41) is 11.0. The monoisotopic (exact) mass is 241 g/mol. The number of aliphatic carboxylic acids is 1. The van der Waals surface area contributed by atoms with E-state index in [0.29, 0.717) is 10.6 Å². The third-order valence-corrected chi connectivity index (χ3v) is 2.12. The molecule has 0 aliphatic carbocycles. The molecule has 16 heavy (non-hydrogen) atoms. The molecule has 0 bridgehead atoms. The zero-order valence-electron chi connectivity index (χ0n) is 8.60. The van der Waals surface area contributed by atoms with E-state index in [9.17, 15) is 14.7 Å². The standard InChI is InChI=1S/C11H11ClO4/c1-7(13)16-10(6-11(14)15)8-3-2-4-9(12)5-8/h2-5,10H,6H2,1H3,(H,14,15)/p-1. The Labute approximate surface area is 97.8 Å². The molecule has 0 aromatic heterocycles. The van der Waals surface area contributed by atoms with Crippen LogP contribution in [0.4, 0.5) is 0 Å². The van der Waals surface area contributed by atoms with Gasteiger partial charge in [0.1, 0.15) is 6.10 Å². The molecule has 0 N–H and O–H groups in total. The summed E-state index contributed by atoms with van der Waals surface area (Å²) >= 11 is 5.76. The minimum Gasteiger partial charge on any atom is -0.550 e. The topological polar surface area (TPSA) is 66.4 Å². The van der Waals surface area contributed by atoms with Crippen molar-refractivity contribution in [1.29, 1.82) is 0 Å². The molecule has 0 heterocycles. The molecular weight excluding hydrogens is 232 g/mol. The lowest BCUT2D eigenvalue weighted by Crippen LogP contribution is -2.26. The Morgan fingerprint density at radius 1 is 1.50 bits per heavy atom. The molecule has 0 aliphatic heterocycles. The average molecular weight is 242 g/mol. The van der Waals surface area contributed by atoms with E-state index >= 15 is 0 Å². The molecular formula is C11H10ClO4-. The van der Waals surface area contributed by atoms with Gasteiger partial charge in [0, 0.05) is 24.3 Å². The van der Waals surface area contributed by atoms with Crippen LogP contribution >= 0.6 is 11.6 Å². The summed E-state index contributed by atoms with van der Waals surface area (Å²) in [6.45, 7) is 1.22. The van der Waals surface area contributed by atoms with E-state index in [4.69, 9.17) is 16.3 Å². The molecule has 0 aliphatic rings. The highest BCUT2D eigenvalue weighted by Gasteiger charge is 2.15. The second kappa shape index (κ2) is 5.51. The van der Waals surface area contributed by atoms with E-state index in [-0.39, 0.29) is 6.42 Å². The predicted octanol–water partition coefficient (Wildman–Crippen LogP) is 1.08. The number of carboxylic acids is 1. The fraction of sp³-hybridized carbons (Fsp3) is 0.273. The number of benzene rings is 1. The fourth-order valence-corrected chi connectivity index (χ4v) is 1.48. The number of carbonyl (C=O) groups is 2. The number of carbonyl (C=O) groups excluding carboxylic acids is 2. The molecule has 1 atom stereocenters. The van der Waals surface area contributed by atoms with Crippen LogP contribution < -0.4 is 5.11 Å². The summed E-state index contributed by atoms with van der Waals surface area (Å²) in [4.78, 5) is 21.3. The SMILES string of the molecule is CC(=O)OC(CC(=O)[O-])c1cccc(Cl)c1. The lowest BCUT2D eigenvalue weighted by molar-refractivity contribution is -0.307. The van der Waals surface area contributed by atoms with Crippen molar-refractivity contribution < 1.29 is 19.4 Å². The van der Waals surface area contributed by atoms with Crippen molar-refractivity contribution in [2.75, 3.05) is 0 Å². The molecule has 86 valence electrons. The van der Waals surface area contributed by atoms with Crippen LogP contribution in [0.5, 0.6) is 0 Å². The van der Waals surface area contributed by atoms with Crippen LogP contribution in [0.1, 0.15) is 25.0 Å². The first-order valence-electron chi connectivity index (χ1n) is 4.61. The first-order valence-corrected chi connectivity index (χ1v) is 4.99. The molecule has 1 aromatic rings. The number of halogens is 1. The Morgan fingerprint density at radius 3 is 2.69 bits per heavy atom. The highest BCUT2D eigenvalue weighted by atomic mass is 35.5. The third-order valence-electron chi connectivity index (χ3n) is 1.88. The highest BCUT2D eigenvalue weighted by Crippen LogP contribution is 2.23. The number of esters is 1. The predicted molar refractivity (Wildman–Crippen MR) is 55.6 cm³/mol. The van der Waals surface area contributed by atoms with Crippen molar-refractivity contribution >= 4 is 23.5 Å². The minimum atomic E-state index is -1.29. The number of hydrogen-bond acceptors (Lipinski definition) is 4. The number of rotatable bonds is 4. The van der Waals surface area contributed by atoms with Gasteiger partial charge in [0.15, 0.2) is 0 Å². The summed E-state index contributed by atoms with van der Waals surface area (Å²) in [6, 6.07) is 6.50. The molecule has 0 fully saturated rings. The van der Waals surface area contributed by atoms with Crippen molar-refractivity contribution in [2.45, 2.75) is 19.4 Å². The number of hydrogen-bond donors (Lipinski definition) is 0. The van der Waals surface area contributed by atoms with Crippen LogP contribution in [0, 0.1) is 0 Å². The Bertz CT molecular complexity index is 387. The minimum absolute atomic E-state index is 0.389. The molecule has 4 nitrogen and oxygen atoms in total. The van der Waals surface area contributed by atoms with Gasteiger partial charge in [-0.15, -0.1) is 0 Å². The first-order chi connectivity index (χ1) is 7.49. The molecule has 1 rings (SSSR count). The normalized spacial score (nSPS) is 11.9. The van der Waals surface area contributed by atoms with Crippen LogP contribution in [0.3, 0.4) is 0 Å². The van der Waals surface area contributed by atoms with E-state index in [0.717, 1.165) is 0 Å². The lowest BCUT2D eigenvalue weighted by atomic mass is 10.1. The summed E-state index contributed by atoms with van der Waals surface area (Å²) in [5.74, 6) is -1.84. The molecule has 1 aromatic carbocycles. The van der Waals surface area contributed by atoms with Gasteiger partial charge >= 0.3 is 5.97 Å². The Kier molecular flexibility index (Phi) is 4.31. The zero-order valence-corrected chi connectivity index (χ0v) is 9.36. The van der Waals surface area contributed by atoms with Crippen molar-refractivity contribution in [2.24, 2.45) is 0 Å². The van der Waals surface area contributed by atoms with Gasteiger partial charge in [0.25, 0.3) is 0 Å². The Morgan fingerprint density at radius 2 is 2.19 bits per heavy atom.